The van der Waals surface area contributed by atoms with Gasteiger partial charge in [0.05, 0.1) is 30.9 Å². The van der Waals surface area contributed by atoms with Crippen LogP contribution in [0.25, 0.3) is 11.3 Å². The number of benzene rings is 2. The van der Waals surface area contributed by atoms with Gasteiger partial charge in [-0.1, -0.05) is 17.3 Å². The Morgan fingerprint density at radius 1 is 1.04 bits per heavy atom. The summed E-state index contributed by atoms with van der Waals surface area (Å²) in [6.45, 7) is 5.97. The minimum Gasteiger partial charge on any atom is -0.493 e. The van der Waals surface area contributed by atoms with Gasteiger partial charge in [-0.05, 0) is 69.5 Å². The van der Waals surface area contributed by atoms with Crippen LogP contribution in [0.5, 0.6) is 11.5 Å². The van der Waals surface area contributed by atoms with E-state index < -0.39 is 33.1 Å². The summed E-state index contributed by atoms with van der Waals surface area (Å²) in [4.78, 5) is 11.7. The summed E-state index contributed by atoms with van der Waals surface area (Å²) in [5.41, 5.74) is 1.18. The highest BCUT2D eigenvalue weighted by Crippen LogP contribution is 2.29. The first-order chi connectivity index (χ1) is 21.9. The molecule has 1 N–H and O–H groups in total. The molecule has 1 aromatic heterocycles. The van der Waals surface area contributed by atoms with Gasteiger partial charge in [0.1, 0.15) is 34.4 Å². The van der Waals surface area contributed by atoms with Crippen LogP contribution in [0.2, 0.25) is 0 Å². The molecule has 0 saturated heterocycles. The van der Waals surface area contributed by atoms with Crippen molar-refractivity contribution in [2.75, 3.05) is 25.5 Å². The van der Waals surface area contributed by atoms with E-state index >= 15 is 0 Å². The average Bonchev–Trinajstić information content (AvgIpc) is 3.45. The molecule has 0 aliphatic rings. The number of hydrogen-bond donors (Lipinski definition) is 1. The maximum absolute atomic E-state index is 14.5. The molecule has 2 aromatic carbocycles. The molecule has 1 heterocycles. The molecule has 0 atom stereocenters. The van der Waals surface area contributed by atoms with E-state index in [-0.39, 0.29) is 18.0 Å². The van der Waals surface area contributed by atoms with Crippen molar-refractivity contribution in [3.05, 3.63) is 66.1 Å². The van der Waals surface area contributed by atoms with E-state index in [9.17, 15) is 17.6 Å². The second-order valence-corrected chi connectivity index (χ2v) is 13.2. The molecule has 0 bridgehead atoms. The number of halogens is 1. The van der Waals surface area contributed by atoms with Crippen molar-refractivity contribution in [1.82, 2.24) is 20.3 Å². The number of terminal acetylenes is 2. The highest BCUT2D eigenvalue weighted by molar-refractivity contribution is 7.91. The van der Waals surface area contributed by atoms with Crippen LogP contribution in [0.3, 0.4) is 0 Å². The van der Waals surface area contributed by atoms with E-state index in [1.165, 1.54) is 12.1 Å². The number of rotatable bonds is 16. The Balaban J connectivity index is 1.70. The van der Waals surface area contributed by atoms with E-state index in [2.05, 4.69) is 27.5 Å². The summed E-state index contributed by atoms with van der Waals surface area (Å²) in [6, 6.07) is 11.6. The molecule has 1 amide bonds. The van der Waals surface area contributed by atoms with Gasteiger partial charge in [0.15, 0.2) is 9.84 Å². The molecule has 0 aliphatic heterocycles. The highest BCUT2D eigenvalue weighted by atomic mass is 32.2. The SMILES string of the molecule is C#CCCCOc1cc(OCCCC#C)cc(-c2cn(Cc3cccc(S(=O)(=O)C/C(F)=C/CNC(=O)OC(C)(C)C)c3)nn2)c1. The molecular weight excluding hydrogens is 611 g/mol. The molecule has 46 heavy (non-hydrogen) atoms. The fourth-order valence-electron chi connectivity index (χ4n) is 4.03. The Morgan fingerprint density at radius 2 is 1.70 bits per heavy atom. The smallest absolute Gasteiger partial charge is 0.407 e. The van der Waals surface area contributed by atoms with Gasteiger partial charge in [0.25, 0.3) is 0 Å². The molecule has 244 valence electrons. The van der Waals surface area contributed by atoms with Gasteiger partial charge in [-0.3, -0.25) is 0 Å². The third-order valence-corrected chi connectivity index (χ3v) is 7.71. The molecule has 0 fully saturated rings. The number of nitrogens with one attached hydrogen (secondary N) is 1. The predicted molar refractivity (Wildman–Crippen MR) is 174 cm³/mol. The first-order valence-corrected chi connectivity index (χ1v) is 16.3. The Hall–Kier alpha value is -4.81. The Labute approximate surface area is 270 Å². The standard InChI is InChI=1S/C34H39FN4O6S/c1-6-8-10-17-43-29-20-27(21-30(22-29)44-18-11-9-7-2)32-24-39(38-37-32)23-26-13-12-14-31(19-26)46(41,42)25-28(35)15-16-36-33(40)45-34(3,4)5/h1-2,12-15,19-22,24H,8-11,16-18,23,25H2,3-5H3,(H,36,40)/b28-15-. The van der Waals surface area contributed by atoms with Gasteiger partial charge in [0.2, 0.25) is 0 Å². The normalized spacial score (nSPS) is 11.7. The minimum absolute atomic E-state index is 0.0460. The van der Waals surface area contributed by atoms with Crippen LogP contribution >= 0.6 is 0 Å². The average molecular weight is 651 g/mol. The Bertz CT molecular complexity index is 1660. The van der Waals surface area contributed by atoms with E-state index in [0.29, 0.717) is 67.2 Å². The van der Waals surface area contributed by atoms with Crippen molar-refractivity contribution >= 4 is 15.9 Å². The molecule has 0 spiro atoms. The summed E-state index contributed by atoms with van der Waals surface area (Å²) in [7, 11) is -4.01. The van der Waals surface area contributed by atoms with Crippen molar-refractivity contribution in [3.63, 3.8) is 0 Å². The van der Waals surface area contributed by atoms with E-state index in [0.717, 1.165) is 6.08 Å². The molecule has 0 unspecified atom stereocenters. The van der Waals surface area contributed by atoms with Crippen molar-refractivity contribution < 1.29 is 31.8 Å². The van der Waals surface area contributed by atoms with Gasteiger partial charge >= 0.3 is 6.09 Å². The number of ether oxygens (including phenoxy) is 3. The predicted octanol–water partition coefficient (Wildman–Crippen LogP) is 5.73. The monoisotopic (exact) mass is 650 g/mol. The molecule has 10 nitrogen and oxygen atoms in total. The topological polar surface area (TPSA) is 122 Å². The molecule has 3 rings (SSSR count). The zero-order valence-electron chi connectivity index (χ0n) is 26.3. The molecule has 0 aliphatic carbocycles. The minimum atomic E-state index is -4.01. The van der Waals surface area contributed by atoms with Crippen molar-refractivity contribution in [1.29, 1.82) is 0 Å². The number of carbonyl (C=O) groups is 1. The molecule has 12 heteroatoms. The van der Waals surface area contributed by atoms with Crippen LogP contribution in [-0.4, -0.2) is 60.6 Å². The Kier molecular flexibility index (Phi) is 13.2. The summed E-state index contributed by atoms with van der Waals surface area (Å²) in [5, 5.41) is 10.9. The number of unbranched alkanes of at least 4 members (excludes halogenated alkanes) is 2. The lowest BCUT2D eigenvalue weighted by molar-refractivity contribution is 0.0534. The first-order valence-electron chi connectivity index (χ1n) is 14.7. The van der Waals surface area contributed by atoms with Gasteiger partial charge < -0.3 is 19.5 Å². The van der Waals surface area contributed by atoms with Crippen LogP contribution in [0.4, 0.5) is 9.18 Å². The van der Waals surface area contributed by atoms with Crippen molar-refractivity contribution in [3.8, 4) is 47.4 Å². The van der Waals surface area contributed by atoms with Crippen LogP contribution in [0.1, 0.15) is 52.0 Å². The van der Waals surface area contributed by atoms with Crippen molar-refractivity contribution in [2.45, 2.75) is 63.5 Å². The van der Waals surface area contributed by atoms with Crippen LogP contribution < -0.4 is 14.8 Å². The van der Waals surface area contributed by atoms with E-state index in [1.54, 1.807) is 49.8 Å². The fraction of sp³-hybridized carbons (Fsp3) is 0.382. The summed E-state index contributed by atoms with van der Waals surface area (Å²) >= 11 is 0. The fourth-order valence-corrected chi connectivity index (χ4v) is 5.29. The second kappa shape index (κ2) is 17.0. The van der Waals surface area contributed by atoms with E-state index in [1.807, 2.05) is 12.1 Å². The maximum atomic E-state index is 14.5. The molecular formula is C34H39FN4O6S. The number of amides is 1. The lowest BCUT2D eigenvalue weighted by Crippen LogP contribution is -2.32. The molecule has 0 radical (unpaired) electrons. The number of aromatic nitrogens is 3. The van der Waals surface area contributed by atoms with Gasteiger partial charge in [-0.25, -0.2) is 22.3 Å². The third-order valence-electron chi connectivity index (χ3n) is 6.08. The largest absolute Gasteiger partial charge is 0.493 e. The van der Waals surface area contributed by atoms with Crippen molar-refractivity contribution in [2.24, 2.45) is 0 Å². The number of alkyl carbamates (subject to hydrolysis) is 1. The second-order valence-electron chi connectivity index (χ2n) is 11.2. The van der Waals surface area contributed by atoms with Crippen LogP contribution in [0, 0.1) is 24.7 Å². The molecule has 3 aromatic rings. The summed E-state index contributed by atoms with van der Waals surface area (Å²) in [5.74, 6) is 4.62. The quantitative estimate of drug-likeness (QED) is 0.154. The van der Waals surface area contributed by atoms with E-state index in [4.69, 9.17) is 27.1 Å². The van der Waals surface area contributed by atoms with Crippen LogP contribution in [-0.2, 0) is 21.1 Å². The number of sulfone groups is 1. The number of hydrogen-bond acceptors (Lipinski definition) is 8. The van der Waals surface area contributed by atoms with Gasteiger partial charge in [-0.15, -0.1) is 29.8 Å². The molecule has 0 saturated carbocycles. The zero-order valence-corrected chi connectivity index (χ0v) is 27.1. The van der Waals surface area contributed by atoms with Gasteiger partial charge in [0, 0.05) is 31.0 Å². The zero-order chi connectivity index (χ0) is 33.6. The van der Waals surface area contributed by atoms with Gasteiger partial charge in [-0.2, -0.15) is 0 Å². The van der Waals surface area contributed by atoms with Crippen LogP contribution in [0.15, 0.2) is 65.5 Å². The third kappa shape index (κ3) is 12.3. The highest BCUT2D eigenvalue weighted by Gasteiger charge is 2.19. The number of nitrogens with zero attached hydrogens (tertiary/aromatic N) is 3. The first kappa shape index (κ1) is 35.7. The Morgan fingerprint density at radius 3 is 2.30 bits per heavy atom. The lowest BCUT2D eigenvalue weighted by Gasteiger charge is -2.19. The maximum Gasteiger partial charge on any atom is 0.407 e. The number of carbonyl (C=O) groups excluding carboxylic acids is 1. The summed E-state index contributed by atoms with van der Waals surface area (Å²) < 4.78 is 58.8. The lowest BCUT2D eigenvalue weighted by atomic mass is 10.1. The summed E-state index contributed by atoms with van der Waals surface area (Å²) in [6.07, 6.45) is 15.3.